The zero-order valence-electron chi connectivity index (χ0n) is 12.2. The van der Waals surface area contributed by atoms with Gasteiger partial charge in [0.1, 0.15) is 0 Å². The van der Waals surface area contributed by atoms with Crippen molar-refractivity contribution < 1.29 is 4.74 Å². The van der Waals surface area contributed by atoms with Gasteiger partial charge in [-0.1, -0.05) is 18.1 Å². The van der Waals surface area contributed by atoms with E-state index in [1.807, 2.05) is 30.8 Å². The summed E-state index contributed by atoms with van der Waals surface area (Å²) in [6.45, 7) is 13.1. The first-order valence-corrected chi connectivity index (χ1v) is 7.65. The van der Waals surface area contributed by atoms with Crippen LogP contribution in [0.25, 0.3) is 0 Å². The number of rotatable bonds is 5. The Morgan fingerprint density at radius 2 is 2.25 bits per heavy atom. The van der Waals surface area contributed by atoms with Crippen LogP contribution in [-0.4, -0.2) is 5.25 Å². The van der Waals surface area contributed by atoms with E-state index in [2.05, 4.69) is 38.0 Å². The first-order chi connectivity index (χ1) is 9.71. The predicted octanol–water partition coefficient (Wildman–Crippen LogP) is 4.62. The molecule has 1 heterocycles. The summed E-state index contributed by atoms with van der Waals surface area (Å²) in [7, 11) is 0. The van der Waals surface area contributed by atoms with Gasteiger partial charge in [0.2, 0.25) is 0 Å². The van der Waals surface area contributed by atoms with E-state index in [1.165, 1.54) is 21.6 Å². The fourth-order valence-electron chi connectivity index (χ4n) is 2.36. The predicted molar refractivity (Wildman–Crippen MR) is 86.9 cm³/mol. The monoisotopic (exact) mass is 284 g/mol. The molecule has 1 atom stereocenters. The Labute approximate surface area is 126 Å². The number of hydrogen-bond donors (Lipinski definition) is 0. The minimum atomic E-state index is 0.356. The van der Waals surface area contributed by atoms with Crippen LogP contribution in [0.2, 0.25) is 0 Å². The highest BCUT2D eigenvalue weighted by molar-refractivity contribution is 8.00. The number of hydrogen-bond acceptors (Lipinski definition) is 2. The van der Waals surface area contributed by atoms with Gasteiger partial charge in [-0.2, -0.15) is 0 Å². The summed E-state index contributed by atoms with van der Waals surface area (Å²) in [6, 6.07) is 2.25. The molecular formula is C18H20OS. The number of ether oxygens (including phenoxy) is 1. The lowest BCUT2D eigenvalue weighted by atomic mass is 9.99. The minimum absolute atomic E-state index is 0.356. The van der Waals surface area contributed by atoms with Crippen molar-refractivity contribution >= 4 is 11.8 Å². The van der Waals surface area contributed by atoms with Gasteiger partial charge >= 0.3 is 0 Å². The Morgan fingerprint density at radius 3 is 2.90 bits per heavy atom. The van der Waals surface area contributed by atoms with Crippen molar-refractivity contribution in [1.29, 1.82) is 0 Å². The molecule has 0 amide bonds. The van der Waals surface area contributed by atoms with E-state index in [9.17, 15) is 0 Å². The molecule has 1 aromatic carbocycles. The second-order valence-electron chi connectivity index (χ2n) is 4.80. The Bertz CT molecular complexity index is 590. The Balaban J connectivity index is 2.43. The summed E-state index contributed by atoms with van der Waals surface area (Å²) in [4.78, 5) is 1.28. The van der Waals surface area contributed by atoms with Crippen LogP contribution < -0.4 is 0 Å². The molecule has 20 heavy (non-hydrogen) atoms. The van der Waals surface area contributed by atoms with Gasteiger partial charge in [-0.3, -0.25) is 0 Å². The van der Waals surface area contributed by atoms with Crippen LogP contribution in [0.5, 0.6) is 0 Å². The molecule has 1 aliphatic rings. The summed E-state index contributed by atoms with van der Waals surface area (Å²) in [5.74, 6) is 6.27. The molecule has 0 radical (unpaired) electrons. The van der Waals surface area contributed by atoms with Crippen molar-refractivity contribution in [2.45, 2.75) is 43.6 Å². The Morgan fingerprint density at radius 1 is 1.45 bits per heavy atom. The first-order valence-electron chi connectivity index (χ1n) is 6.77. The van der Waals surface area contributed by atoms with E-state index < -0.39 is 0 Å². The highest BCUT2D eigenvalue weighted by atomic mass is 32.2. The fourth-order valence-corrected chi connectivity index (χ4v) is 3.50. The molecule has 0 saturated carbocycles. The second-order valence-corrected chi connectivity index (χ2v) is 6.08. The third-order valence-electron chi connectivity index (χ3n) is 3.43. The van der Waals surface area contributed by atoms with Gasteiger partial charge < -0.3 is 4.74 Å². The van der Waals surface area contributed by atoms with E-state index in [4.69, 9.17) is 4.74 Å². The summed E-state index contributed by atoms with van der Waals surface area (Å²) < 4.78 is 5.58. The molecule has 0 spiro atoms. The Kier molecular flexibility index (Phi) is 5.11. The lowest BCUT2D eigenvalue weighted by Gasteiger charge is -2.15. The van der Waals surface area contributed by atoms with E-state index in [0.717, 1.165) is 12.0 Å². The topological polar surface area (TPSA) is 9.23 Å². The van der Waals surface area contributed by atoms with Gasteiger partial charge in [-0.25, -0.2) is 0 Å². The average Bonchev–Trinajstić information content (AvgIpc) is 2.90. The maximum atomic E-state index is 5.58. The summed E-state index contributed by atoms with van der Waals surface area (Å²) in [6.07, 6.45) is 4.86. The normalized spacial score (nSPS) is 14.1. The lowest BCUT2D eigenvalue weighted by Crippen LogP contribution is -2.00. The first kappa shape index (κ1) is 15.0. The molecular weight excluding hydrogens is 264 g/mol. The van der Waals surface area contributed by atoms with Crippen LogP contribution in [0.1, 0.15) is 35.6 Å². The molecule has 2 heteroatoms. The largest absolute Gasteiger partial charge is 0.372 e. The van der Waals surface area contributed by atoms with E-state index in [0.29, 0.717) is 18.5 Å². The second kappa shape index (κ2) is 6.83. The van der Waals surface area contributed by atoms with Crippen molar-refractivity contribution in [3.63, 3.8) is 0 Å². The summed E-state index contributed by atoms with van der Waals surface area (Å²) >= 11 is 1.83. The zero-order chi connectivity index (χ0) is 14.5. The highest BCUT2D eigenvalue weighted by Gasteiger charge is 2.20. The molecule has 0 fully saturated rings. The lowest BCUT2D eigenvalue weighted by molar-refractivity contribution is 0.134. The van der Waals surface area contributed by atoms with E-state index in [1.54, 1.807) is 0 Å². The smallest absolute Gasteiger partial charge is 0.0737 e. The van der Waals surface area contributed by atoms with Crippen LogP contribution in [0.4, 0.5) is 0 Å². The van der Waals surface area contributed by atoms with Crippen LogP contribution in [0.15, 0.2) is 36.3 Å². The van der Waals surface area contributed by atoms with Gasteiger partial charge in [0.05, 0.1) is 13.2 Å². The van der Waals surface area contributed by atoms with Crippen molar-refractivity contribution in [3.8, 4) is 11.8 Å². The molecule has 1 aromatic rings. The molecule has 0 aromatic heterocycles. The van der Waals surface area contributed by atoms with E-state index in [-0.39, 0.29) is 0 Å². The standard InChI is InChI=1S/C18H20OS/c1-5-8-15(7-3)20-18-10-14-11-19-12-17(14)16(9-6-2)13(18)4/h5,7,10,15H,1,3,8,11-12H2,2,4H3. The number of allylic oxidation sites excluding steroid dienone is 1. The van der Waals surface area contributed by atoms with Crippen LogP contribution in [-0.2, 0) is 18.0 Å². The van der Waals surface area contributed by atoms with Gasteiger partial charge in [-0.15, -0.1) is 30.8 Å². The molecule has 0 bridgehead atoms. The van der Waals surface area contributed by atoms with Gasteiger partial charge in [0.15, 0.2) is 0 Å². The quantitative estimate of drug-likeness (QED) is 0.443. The molecule has 2 rings (SSSR count). The Hall–Kier alpha value is -1.43. The van der Waals surface area contributed by atoms with Crippen LogP contribution >= 0.6 is 11.8 Å². The summed E-state index contributed by atoms with van der Waals surface area (Å²) in [5.41, 5.74) is 4.94. The third-order valence-corrected chi connectivity index (χ3v) is 4.80. The number of benzene rings is 1. The molecule has 0 saturated heterocycles. The molecule has 104 valence electrons. The average molecular weight is 284 g/mol. The van der Waals surface area contributed by atoms with Crippen molar-refractivity contribution in [2.24, 2.45) is 0 Å². The van der Waals surface area contributed by atoms with Crippen molar-refractivity contribution in [2.75, 3.05) is 0 Å². The minimum Gasteiger partial charge on any atom is -0.372 e. The fraction of sp³-hybridized carbons (Fsp3) is 0.333. The maximum absolute atomic E-state index is 5.58. The number of thioether (sulfide) groups is 1. The van der Waals surface area contributed by atoms with Crippen LogP contribution in [0, 0.1) is 18.8 Å². The van der Waals surface area contributed by atoms with Gasteiger partial charge in [0.25, 0.3) is 0 Å². The van der Waals surface area contributed by atoms with Gasteiger partial charge in [0, 0.05) is 15.7 Å². The highest BCUT2D eigenvalue weighted by Crippen LogP contribution is 2.36. The van der Waals surface area contributed by atoms with Crippen molar-refractivity contribution in [1.82, 2.24) is 0 Å². The molecule has 0 aliphatic carbocycles. The third kappa shape index (κ3) is 3.00. The molecule has 1 aliphatic heterocycles. The molecule has 1 unspecified atom stereocenters. The van der Waals surface area contributed by atoms with Crippen molar-refractivity contribution in [3.05, 3.63) is 53.6 Å². The van der Waals surface area contributed by atoms with Crippen LogP contribution in [0.3, 0.4) is 0 Å². The van der Waals surface area contributed by atoms with E-state index >= 15 is 0 Å². The maximum Gasteiger partial charge on any atom is 0.0737 e. The SMILES string of the molecule is C=CCC(C=C)Sc1cc2c(c(C#CC)c1C)COC2. The zero-order valence-corrected chi connectivity index (χ0v) is 13.0. The van der Waals surface area contributed by atoms with Gasteiger partial charge in [-0.05, 0) is 43.0 Å². The molecule has 1 nitrogen and oxygen atoms in total. The number of fused-ring (bicyclic) bond motifs is 1. The molecule has 0 N–H and O–H groups in total. The summed E-state index contributed by atoms with van der Waals surface area (Å²) in [5, 5.41) is 0.356.